The second kappa shape index (κ2) is 7.84. The fraction of sp³-hybridized carbons (Fsp3) is 0.318. The van der Waals surface area contributed by atoms with Crippen LogP contribution < -0.4 is 10.6 Å². The maximum Gasteiger partial charge on any atom is 0.330 e. The van der Waals surface area contributed by atoms with Crippen molar-refractivity contribution in [3.8, 4) is 0 Å². The summed E-state index contributed by atoms with van der Waals surface area (Å²) in [6, 6.07) is 10.7. The summed E-state index contributed by atoms with van der Waals surface area (Å²) in [5.41, 5.74) is 3.33. The van der Waals surface area contributed by atoms with Crippen LogP contribution in [-0.2, 0) is 9.59 Å². The normalized spacial score (nSPS) is 18.8. The molecule has 1 saturated carbocycles. The van der Waals surface area contributed by atoms with Gasteiger partial charge in [-0.1, -0.05) is 31.2 Å². The Kier molecular flexibility index (Phi) is 5.49. The summed E-state index contributed by atoms with van der Waals surface area (Å²) in [5, 5.41) is 15.0. The van der Waals surface area contributed by atoms with Crippen molar-refractivity contribution in [3.63, 3.8) is 0 Å². The summed E-state index contributed by atoms with van der Waals surface area (Å²) in [4.78, 5) is 36.4. The molecule has 3 rings (SSSR count). The number of rotatable bonds is 6. The molecule has 3 atom stereocenters. The molecule has 0 saturated heterocycles. The number of benzene rings is 2. The highest BCUT2D eigenvalue weighted by Crippen LogP contribution is 2.38. The average Bonchev–Trinajstić information content (AvgIpc) is 3.39. The van der Waals surface area contributed by atoms with E-state index in [2.05, 4.69) is 10.6 Å². The Labute approximate surface area is 164 Å². The molecule has 0 bridgehead atoms. The molecule has 1 fully saturated rings. The maximum absolute atomic E-state index is 12.6. The summed E-state index contributed by atoms with van der Waals surface area (Å²) >= 11 is 0. The molecule has 1 aliphatic carbocycles. The Morgan fingerprint density at radius 2 is 1.79 bits per heavy atom. The summed E-state index contributed by atoms with van der Waals surface area (Å²) in [7, 11) is 0. The van der Waals surface area contributed by atoms with Crippen LogP contribution in [0.25, 0.3) is 0 Å². The molecule has 2 amide bonds. The third-order valence-corrected chi connectivity index (χ3v) is 5.23. The second-order valence-electron chi connectivity index (χ2n) is 7.48. The number of amides is 2. The third-order valence-electron chi connectivity index (χ3n) is 5.23. The zero-order valence-electron chi connectivity index (χ0n) is 16.2. The van der Waals surface area contributed by atoms with Crippen LogP contribution in [0.1, 0.15) is 46.4 Å². The highest BCUT2D eigenvalue weighted by molar-refractivity contribution is 5.99. The van der Waals surface area contributed by atoms with Crippen LogP contribution in [0.15, 0.2) is 42.5 Å². The standard InChI is InChI=1S/C22H24N2O4/c1-12-7-8-15(9-13(12)2)19(22(27)28)24-20(25)16-5-4-6-17(11-16)23-21(26)18-10-14(18)3/h4-9,11,14,18-19H,10H2,1-3H3,(H,23,26)(H,24,25)(H,27,28). The third kappa shape index (κ3) is 4.39. The Morgan fingerprint density at radius 1 is 1.07 bits per heavy atom. The largest absolute Gasteiger partial charge is 0.479 e. The molecule has 0 aliphatic heterocycles. The Hall–Kier alpha value is -3.15. The van der Waals surface area contributed by atoms with Gasteiger partial charge in [0.1, 0.15) is 0 Å². The van der Waals surface area contributed by atoms with E-state index in [1.807, 2.05) is 26.8 Å². The lowest BCUT2D eigenvalue weighted by molar-refractivity contribution is -0.139. The Balaban J connectivity index is 1.74. The van der Waals surface area contributed by atoms with E-state index in [9.17, 15) is 19.5 Å². The fourth-order valence-corrected chi connectivity index (χ4v) is 3.11. The maximum atomic E-state index is 12.6. The molecule has 0 heterocycles. The van der Waals surface area contributed by atoms with E-state index in [0.717, 1.165) is 17.5 Å². The molecule has 3 unspecified atom stereocenters. The lowest BCUT2D eigenvalue weighted by Crippen LogP contribution is -2.33. The zero-order chi connectivity index (χ0) is 20.4. The highest BCUT2D eigenvalue weighted by atomic mass is 16.4. The molecule has 2 aromatic rings. The lowest BCUT2D eigenvalue weighted by Gasteiger charge is -2.16. The quantitative estimate of drug-likeness (QED) is 0.715. The molecular formula is C22H24N2O4. The number of anilines is 1. The first kappa shape index (κ1) is 19.6. The number of carboxylic acids is 1. The second-order valence-corrected chi connectivity index (χ2v) is 7.48. The van der Waals surface area contributed by atoms with Gasteiger partial charge in [-0.25, -0.2) is 4.79 Å². The first-order chi connectivity index (χ1) is 13.3. The first-order valence-corrected chi connectivity index (χ1v) is 9.28. The monoisotopic (exact) mass is 380 g/mol. The van der Waals surface area contributed by atoms with Gasteiger partial charge in [0, 0.05) is 17.2 Å². The van der Waals surface area contributed by atoms with E-state index >= 15 is 0 Å². The lowest BCUT2D eigenvalue weighted by atomic mass is 10.0. The van der Waals surface area contributed by atoms with Crippen LogP contribution >= 0.6 is 0 Å². The first-order valence-electron chi connectivity index (χ1n) is 9.28. The SMILES string of the molecule is Cc1ccc(C(NC(=O)c2cccc(NC(=O)C3CC3C)c2)C(=O)O)cc1C. The molecule has 146 valence electrons. The van der Waals surface area contributed by atoms with E-state index in [0.29, 0.717) is 17.2 Å². The van der Waals surface area contributed by atoms with Gasteiger partial charge < -0.3 is 15.7 Å². The van der Waals surface area contributed by atoms with Gasteiger partial charge in [-0.05, 0) is 61.1 Å². The van der Waals surface area contributed by atoms with E-state index in [1.165, 1.54) is 0 Å². The number of aliphatic carboxylic acids is 1. The number of hydrogen-bond acceptors (Lipinski definition) is 3. The summed E-state index contributed by atoms with van der Waals surface area (Å²) in [5.74, 6) is -1.28. The number of aryl methyl sites for hydroxylation is 2. The minimum atomic E-state index is -1.16. The van der Waals surface area contributed by atoms with Gasteiger partial charge in [0.15, 0.2) is 6.04 Å². The highest BCUT2D eigenvalue weighted by Gasteiger charge is 2.39. The van der Waals surface area contributed by atoms with Crippen molar-refractivity contribution in [2.24, 2.45) is 11.8 Å². The predicted octanol–water partition coefficient (Wildman–Crippen LogP) is 3.45. The molecule has 3 N–H and O–H groups in total. The summed E-state index contributed by atoms with van der Waals surface area (Å²) < 4.78 is 0. The summed E-state index contributed by atoms with van der Waals surface area (Å²) in [6.45, 7) is 5.86. The molecule has 0 aromatic heterocycles. The van der Waals surface area contributed by atoms with Gasteiger partial charge in [-0.15, -0.1) is 0 Å². The number of carbonyl (C=O) groups excluding carboxylic acids is 2. The topological polar surface area (TPSA) is 95.5 Å². The van der Waals surface area contributed by atoms with Crippen molar-refractivity contribution >= 4 is 23.5 Å². The van der Waals surface area contributed by atoms with Crippen LogP contribution in [0, 0.1) is 25.7 Å². The Morgan fingerprint density at radius 3 is 2.39 bits per heavy atom. The van der Waals surface area contributed by atoms with Crippen molar-refractivity contribution in [1.29, 1.82) is 0 Å². The fourth-order valence-electron chi connectivity index (χ4n) is 3.11. The molecule has 0 radical (unpaired) electrons. The average molecular weight is 380 g/mol. The Bertz CT molecular complexity index is 938. The van der Waals surface area contributed by atoms with Crippen LogP contribution in [0.4, 0.5) is 5.69 Å². The minimum Gasteiger partial charge on any atom is -0.479 e. The van der Waals surface area contributed by atoms with Crippen LogP contribution in [0.2, 0.25) is 0 Å². The van der Waals surface area contributed by atoms with Gasteiger partial charge in [-0.2, -0.15) is 0 Å². The van der Waals surface area contributed by atoms with E-state index in [1.54, 1.807) is 36.4 Å². The van der Waals surface area contributed by atoms with Crippen molar-refractivity contribution in [3.05, 3.63) is 64.7 Å². The molecule has 2 aromatic carbocycles. The van der Waals surface area contributed by atoms with Gasteiger partial charge in [0.25, 0.3) is 5.91 Å². The van der Waals surface area contributed by atoms with Crippen LogP contribution in [0.3, 0.4) is 0 Å². The van der Waals surface area contributed by atoms with Gasteiger partial charge in [-0.3, -0.25) is 9.59 Å². The van der Waals surface area contributed by atoms with E-state index in [-0.39, 0.29) is 17.4 Å². The van der Waals surface area contributed by atoms with Crippen LogP contribution in [0.5, 0.6) is 0 Å². The minimum absolute atomic E-state index is 0.0265. The molecule has 6 nitrogen and oxygen atoms in total. The molecule has 6 heteroatoms. The van der Waals surface area contributed by atoms with Crippen molar-refractivity contribution in [1.82, 2.24) is 5.32 Å². The predicted molar refractivity (Wildman–Crippen MR) is 106 cm³/mol. The number of carboxylic acid groups (broad SMARTS) is 1. The van der Waals surface area contributed by atoms with Gasteiger partial charge in [0.05, 0.1) is 0 Å². The molecular weight excluding hydrogens is 356 g/mol. The number of nitrogens with one attached hydrogen (secondary N) is 2. The molecule has 0 spiro atoms. The number of hydrogen-bond donors (Lipinski definition) is 3. The van der Waals surface area contributed by atoms with Gasteiger partial charge >= 0.3 is 5.97 Å². The number of carbonyl (C=O) groups is 3. The molecule has 1 aliphatic rings. The van der Waals surface area contributed by atoms with E-state index < -0.39 is 17.9 Å². The van der Waals surface area contributed by atoms with Crippen molar-refractivity contribution in [2.45, 2.75) is 33.2 Å². The molecule has 28 heavy (non-hydrogen) atoms. The van der Waals surface area contributed by atoms with Crippen molar-refractivity contribution in [2.75, 3.05) is 5.32 Å². The van der Waals surface area contributed by atoms with Crippen molar-refractivity contribution < 1.29 is 19.5 Å². The smallest absolute Gasteiger partial charge is 0.330 e. The van der Waals surface area contributed by atoms with Gasteiger partial charge in [0.2, 0.25) is 5.91 Å². The summed E-state index contributed by atoms with van der Waals surface area (Å²) in [6.07, 6.45) is 0.877. The van der Waals surface area contributed by atoms with Crippen LogP contribution in [-0.4, -0.2) is 22.9 Å². The zero-order valence-corrected chi connectivity index (χ0v) is 16.2. The van der Waals surface area contributed by atoms with E-state index in [4.69, 9.17) is 0 Å².